The summed E-state index contributed by atoms with van der Waals surface area (Å²) in [5.41, 5.74) is -0.0710. The van der Waals surface area contributed by atoms with Crippen molar-refractivity contribution < 1.29 is 19.1 Å². The first kappa shape index (κ1) is 18.1. The number of rotatable bonds is 7. The van der Waals surface area contributed by atoms with Crippen molar-refractivity contribution >= 4 is 11.8 Å². The molecule has 6 heteroatoms. The molecule has 0 radical (unpaired) electrons. The van der Waals surface area contributed by atoms with Crippen LogP contribution in [-0.4, -0.2) is 36.1 Å². The maximum absolute atomic E-state index is 13.0. The van der Waals surface area contributed by atoms with E-state index >= 15 is 0 Å². The molecule has 0 bridgehead atoms. The average molecular weight is 310 g/mol. The standard InChI is InChI=1S/C16H23FN2O3/c1-11(20)8-16(2,3)10-19-14(21)9-18-15(22)12-5-4-6-13(17)7-12/h4-7,11,20H,8-10H2,1-3H3,(H,18,22)(H,19,21). The molecule has 3 N–H and O–H groups in total. The summed E-state index contributed by atoms with van der Waals surface area (Å²) in [4.78, 5) is 23.5. The second-order valence-electron chi connectivity index (χ2n) is 6.19. The van der Waals surface area contributed by atoms with Crippen molar-refractivity contribution in [3.63, 3.8) is 0 Å². The van der Waals surface area contributed by atoms with Crippen LogP contribution in [0.5, 0.6) is 0 Å². The summed E-state index contributed by atoms with van der Waals surface area (Å²) in [5, 5.41) is 14.5. The van der Waals surface area contributed by atoms with Crippen molar-refractivity contribution in [3.05, 3.63) is 35.6 Å². The lowest BCUT2D eigenvalue weighted by molar-refractivity contribution is -0.120. The monoisotopic (exact) mass is 310 g/mol. The molecule has 0 aliphatic heterocycles. The molecule has 122 valence electrons. The van der Waals surface area contributed by atoms with E-state index in [9.17, 15) is 19.1 Å². The number of aliphatic hydroxyl groups excluding tert-OH is 1. The minimum atomic E-state index is -0.503. The van der Waals surface area contributed by atoms with Gasteiger partial charge in [-0.1, -0.05) is 19.9 Å². The second kappa shape index (κ2) is 7.89. The predicted molar refractivity (Wildman–Crippen MR) is 81.8 cm³/mol. The van der Waals surface area contributed by atoms with E-state index in [2.05, 4.69) is 10.6 Å². The Labute approximate surface area is 129 Å². The van der Waals surface area contributed by atoms with Gasteiger partial charge in [0.1, 0.15) is 5.82 Å². The summed E-state index contributed by atoms with van der Waals surface area (Å²) in [6.45, 7) is 5.78. The normalized spacial score (nSPS) is 12.6. The van der Waals surface area contributed by atoms with Gasteiger partial charge in [-0.05, 0) is 37.0 Å². The van der Waals surface area contributed by atoms with Crippen LogP contribution in [0.1, 0.15) is 37.6 Å². The number of carbonyl (C=O) groups excluding carboxylic acids is 2. The molecule has 0 saturated heterocycles. The van der Waals surface area contributed by atoms with Gasteiger partial charge in [-0.25, -0.2) is 4.39 Å². The molecule has 0 heterocycles. The number of hydrogen-bond acceptors (Lipinski definition) is 3. The highest BCUT2D eigenvalue weighted by atomic mass is 19.1. The summed E-state index contributed by atoms with van der Waals surface area (Å²) in [6, 6.07) is 5.26. The second-order valence-corrected chi connectivity index (χ2v) is 6.19. The smallest absolute Gasteiger partial charge is 0.251 e. The lowest BCUT2D eigenvalue weighted by atomic mass is 9.87. The van der Waals surface area contributed by atoms with Crippen LogP contribution in [0.15, 0.2) is 24.3 Å². The quantitative estimate of drug-likeness (QED) is 0.713. The maximum atomic E-state index is 13.0. The van der Waals surface area contributed by atoms with Gasteiger partial charge in [0.25, 0.3) is 5.91 Å². The van der Waals surface area contributed by atoms with Crippen LogP contribution in [0.25, 0.3) is 0 Å². The molecule has 0 spiro atoms. The van der Waals surface area contributed by atoms with Crippen molar-refractivity contribution in [2.24, 2.45) is 5.41 Å². The molecule has 1 unspecified atom stereocenters. The number of benzene rings is 1. The zero-order valence-corrected chi connectivity index (χ0v) is 13.1. The van der Waals surface area contributed by atoms with Gasteiger partial charge in [0, 0.05) is 12.1 Å². The van der Waals surface area contributed by atoms with Crippen molar-refractivity contribution in [2.75, 3.05) is 13.1 Å². The lowest BCUT2D eigenvalue weighted by Gasteiger charge is -2.26. The van der Waals surface area contributed by atoms with Gasteiger partial charge in [-0.2, -0.15) is 0 Å². The highest BCUT2D eigenvalue weighted by Crippen LogP contribution is 2.20. The van der Waals surface area contributed by atoms with Gasteiger partial charge in [0.05, 0.1) is 12.6 Å². The Bertz CT molecular complexity index is 530. The zero-order valence-electron chi connectivity index (χ0n) is 13.1. The molecule has 1 rings (SSSR count). The number of halogens is 1. The molecule has 0 aromatic heterocycles. The fourth-order valence-corrected chi connectivity index (χ4v) is 2.16. The average Bonchev–Trinajstić information content (AvgIpc) is 2.41. The summed E-state index contributed by atoms with van der Waals surface area (Å²) >= 11 is 0. The summed E-state index contributed by atoms with van der Waals surface area (Å²) in [7, 11) is 0. The van der Waals surface area contributed by atoms with Crippen molar-refractivity contribution in [1.29, 1.82) is 0 Å². The van der Waals surface area contributed by atoms with E-state index in [-0.39, 0.29) is 23.4 Å². The Morgan fingerprint density at radius 1 is 1.32 bits per heavy atom. The molecular weight excluding hydrogens is 287 g/mol. The van der Waals surface area contributed by atoms with Crippen LogP contribution in [0.4, 0.5) is 4.39 Å². The Kier molecular flexibility index (Phi) is 6.49. The van der Waals surface area contributed by atoms with Crippen LogP contribution in [0.2, 0.25) is 0 Å². The van der Waals surface area contributed by atoms with E-state index in [1.807, 2.05) is 13.8 Å². The lowest BCUT2D eigenvalue weighted by Crippen LogP contribution is -2.41. The third kappa shape index (κ3) is 6.67. The zero-order chi connectivity index (χ0) is 16.8. The number of nitrogens with one attached hydrogen (secondary N) is 2. The molecular formula is C16H23FN2O3. The Morgan fingerprint density at radius 3 is 2.59 bits per heavy atom. The third-order valence-electron chi connectivity index (χ3n) is 3.11. The minimum Gasteiger partial charge on any atom is -0.393 e. The van der Waals surface area contributed by atoms with E-state index in [4.69, 9.17) is 0 Å². The van der Waals surface area contributed by atoms with E-state index in [0.717, 1.165) is 6.07 Å². The summed E-state index contributed by atoms with van der Waals surface area (Å²) in [6.07, 6.45) is 0.114. The minimum absolute atomic E-state index is 0.169. The molecule has 5 nitrogen and oxygen atoms in total. The fourth-order valence-electron chi connectivity index (χ4n) is 2.16. The van der Waals surface area contributed by atoms with Gasteiger partial charge < -0.3 is 15.7 Å². The highest BCUT2D eigenvalue weighted by Gasteiger charge is 2.21. The number of carbonyl (C=O) groups is 2. The van der Waals surface area contributed by atoms with Crippen molar-refractivity contribution in [1.82, 2.24) is 10.6 Å². The van der Waals surface area contributed by atoms with E-state index in [1.165, 1.54) is 18.2 Å². The van der Waals surface area contributed by atoms with Crippen LogP contribution in [-0.2, 0) is 4.79 Å². The Balaban J connectivity index is 2.39. The Hall–Kier alpha value is -1.95. The van der Waals surface area contributed by atoms with Gasteiger partial charge in [-0.15, -0.1) is 0 Å². The maximum Gasteiger partial charge on any atom is 0.251 e. The van der Waals surface area contributed by atoms with Gasteiger partial charge >= 0.3 is 0 Å². The molecule has 1 aromatic carbocycles. The fraction of sp³-hybridized carbons (Fsp3) is 0.500. The molecule has 1 atom stereocenters. The van der Waals surface area contributed by atoms with Gasteiger partial charge in [0.2, 0.25) is 5.91 Å². The van der Waals surface area contributed by atoms with Crippen LogP contribution in [0, 0.1) is 11.2 Å². The summed E-state index contributed by atoms with van der Waals surface area (Å²) < 4.78 is 13.0. The number of amides is 2. The first-order valence-electron chi connectivity index (χ1n) is 7.18. The molecule has 0 saturated carbocycles. The van der Waals surface area contributed by atoms with Gasteiger partial charge in [0.15, 0.2) is 0 Å². The topological polar surface area (TPSA) is 78.4 Å². The number of aliphatic hydroxyl groups is 1. The summed E-state index contributed by atoms with van der Waals surface area (Å²) in [5.74, 6) is -1.33. The molecule has 0 fully saturated rings. The first-order valence-corrected chi connectivity index (χ1v) is 7.18. The van der Waals surface area contributed by atoms with Crippen LogP contribution < -0.4 is 10.6 Å². The largest absolute Gasteiger partial charge is 0.393 e. The van der Waals surface area contributed by atoms with E-state index in [1.54, 1.807) is 6.92 Å². The number of hydrogen-bond donors (Lipinski definition) is 3. The van der Waals surface area contributed by atoms with Crippen LogP contribution >= 0.6 is 0 Å². The molecule has 2 amide bonds. The van der Waals surface area contributed by atoms with Crippen molar-refractivity contribution in [2.45, 2.75) is 33.3 Å². The molecule has 0 aliphatic rings. The first-order chi connectivity index (χ1) is 10.2. The Morgan fingerprint density at radius 2 is 2.00 bits per heavy atom. The third-order valence-corrected chi connectivity index (χ3v) is 3.11. The SMILES string of the molecule is CC(O)CC(C)(C)CNC(=O)CNC(=O)c1cccc(F)c1. The molecule has 22 heavy (non-hydrogen) atoms. The predicted octanol–water partition coefficient (Wildman–Crippen LogP) is 1.47. The van der Waals surface area contributed by atoms with Crippen LogP contribution in [0.3, 0.4) is 0 Å². The van der Waals surface area contributed by atoms with E-state index < -0.39 is 17.8 Å². The van der Waals surface area contributed by atoms with Crippen molar-refractivity contribution in [3.8, 4) is 0 Å². The molecule has 0 aliphatic carbocycles. The highest BCUT2D eigenvalue weighted by molar-refractivity contribution is 5.96. The molecule has 1 aromatic rings. The van der Waals surface area contributed by atoms with E-state index in [0.29, 0.717) is 13.0 Å². The van der Waals surface area contributed by atoms with Gasteiger partial charge in [-0.3, -0.25) is 9.59 Å².